The number of hydrogen-bond acceptors (Lipinski definition) is 15. The summed E-state index contributed by atoms with van der Waals surface area (Å²) < 4.78 is 68.1. The van der Waals surface area contributed by atoms with Gasteiger partial charge in [-0.3, -0.25) is 37.3 Å². The molecule has 17 nitrogen and oxygen atoms in total. The number of ether oxygens (including phenoxy) is 4. The van der Waals surface area contributed by atoms with E-state index in [1.54, 1.807) is 0 Å². The van der Waals surface area contributed by atoms with Crippen LogP contribution in [0.1, 0.15) is 343 Å². The van der Waals surface area contributed by atoms with Crippen molar-refractivity contribution in [3.8, 4) is 0 Å². The van der Waals surface area contributed by atoms with Crippen LogP contribution in [-0.4, -0.2) is 96.7 Å². The number of carbonyl (C=O) groups excluding carboxylic acids is 4. The lowest BCUT2D eigenvalue weighted by Gasteiger charge is -2.21. The summed E-state index contributed by atoms with van der Waals surface area (Å²) in [5, 5.41) is 10.6. The lowest BCUT2D eigenvalue weighted by Crippen LogP contribution is -2.30. The Morgan fingerprint density at radius 2 is 0.586 bits per heavy atom. The number of phosphoric acid groups is 2. The molecule has 0 aromatic carbocycles. The van der Waals surface area contributed by atoms with Crippen LogP contribution in [0.5, 0.6) is 0 Å². The predicted molar refractivity (Wildman–Crippen MR) is 349 cm³/mol. The zero-order valence-electron chi connectivity index (χ0n) is 56.3. The smallest absolute Gasteiger partial charge is 0.462 e. The number of aliphatic hydroxyl groups excluding tert-OH is 1. The third-order valence-corrected chi connectivity index (χ3v) is 18.0. The Bertz CT molecular complexity index is 1700. The zero-order valence-corrected chi connectivity index (χ0v) is 58.1. The second-order valence-corrected chi connectivity index (χ2v) is 28.2. The Hall–Kier alpha value is -1.94. The van der Waals surface area contributed by atoms with Crippen molar-refractivity contribution in [1.82, 2.24) is 0 Å². The minimum atomic E-state index is -4.95. The van der Waals surface area contributed by atoms with Gasteiger partial charge < -0.3 is 33.8 Å². The molecule has 0 spiro atoms. The van der Waals surface area contributed by atoms with Gasteiger partial charge in [-0.05, 0) is 37.5 Å². The van der Waals surface area contributed by atoms with Crippen molar-refractivity contribution in [1.29, 1.82) is 0 Å². The fourth-order valence-corrected chi connectivity index (χ4v) is 11.8. The van der Waals surface area contributed by atoms with Crippen molar-refractivity contribution < 1.29 is 80.2 Å². The first-order chi connectivity index (χ1) is 41.9. The van der Waals surface area contributed by atoms with Gasteiger partial charge in [0.05, 0.1) is 26.4 Å². The molecule has 0 heterocycles. The molecule has 0 aliphatic heterocycles. The number of carbonyl (C=O) groups is 4. The summed E-state index contributed by atoms with van der Waals surface area (Å²) in [4.78, 5) is 72.3. The van der Waals surface area contributed by atoms with E-state index in [9.17, 15) is 43.2 Å². The van der Waals surface area contributed by atoms with E-state index in [-0.39, 0.29) is 25.7 Å². The van der Waals surface area contributed by atoms with Crippen LogP contribution in [0.15, 0.2) is 0 Å². The first kappa shape index (κ1) is 85.1. The highest BCUT2D eigenvalue weighted by atomic mass is 31.2. The van der Waals surface area contributed by atoms with Crippen LogP contribution >= 0.6 is 15.6 Å². The molecule has 3 N–H and O–H groups in total. The van der Waals surface area contributed by atoms with Crippen LogP contribution in [0.4, 0.5) is 0 Å². The van der Waals surface area contributed by atoms with Crippen LogP contribution in [0.2, 0.25) is 0 Å². The third-order valence-electron chi connectivity index (χ3n) is 16.1. The van der Waals surface area contributed by atoms with E-state index in [4.69, 9.17) is 37.0 Å². The first-order valence-corrected chi connectivity index (χ1v) is 38.5. The summed E-state index contributed by atoms with van der Waals surface area (Å²) >= 11 is 0. The molecule has 0 saturated carbocycles. The molecular formula is C68H132O17P2. The molecule has 0 amide bonds. The van der Waals surface area contributed by atoms with Crippen molar-refractivity contribution in [3.05, 3.63) is 0 Å². The molecule has 0 fully saturated rings. The average molecular weight is 1280 g/mol. The largest absolute Gasteiger partial charge is 0.472 e. The van der Waals surface area contributed by atoms with Gasteiger partial charge in [-0.25, -0.2) is 9.13 Å². The van der Waals surface area contributed by atoms with E-state index >= 15 is 0 Å². The van der Waals surface area contributed by atoms with Gasteiger partial charge in [-0.1, -0.05) is 292 Å². The predicted octanol–water partition coefficient (Wildman–Crippen LogP) is 19.2. The number of esters is 4. The van der Waals surface area contributed by atoms with Crippen LogP contribution in [0, 0.1) is 11.8 Å². The molecule has 0 aromatic rings. The third kappa shape index (κ3) is 61.3. The quantitative estimate of drug-likeness (QED) is 0.0222. The molecule has 0 saturated heterocycles. The number of hydrogen-bond donors (Lipinski definition) is 3. The molecule has 0 aliphatic carbocycles. The van der Waals surface area contributed by atoms with E-state index in [0.717, 1.165) is 108 Å². The van der Waals surface area contributed by atoms with E-state index in [0.29, 0.717) is 25.7 Å². The molecule has 0 radical (unpaired) electrons. The van der Waals surface area contributed by atoms with Crippen molar-refractivity contribution in [2.45, 2.75) is 362 Å². The fraction of sp³-hybridized carbons (Fsp3) is 0.941. The van der Waals surface area contributed by atoms with Gasteiger partial charge in [0.15, 0.2) is 12.2 Å². The van der Waals surface area contributed by atoms with Crippen molar-refractivity contribution >= 4 is 39.5 Å². The van der Waals surface area contributed by atoms with Crippen LogP contribution < -0.4 is 0 Å². The van der Waals surface area contributed by atoms with Crippen molar-refractivity contribution in [2.75, 3.05) is 39.6 Å². The second-order valence-electron chi connectivity index (χ2n) is 25.3. The molecule has 516 valence electrons. The number of aliphatic hydroxyl groups is 1. The lowest BCUT2D eigenvalue weighted by molar-refractivity contribution is -0.161. The van der Waals surface area contributed by atoms with E-state index in [1.807, 2.05) is 0 Å². The number of unbranched alkanes of at least 4 members (excludes halogenated alkanes) is 36. The lowest BCUT2D eigenvalue weighted by atomic mass is 9.99. The maximum atomic E-state index is 13.0. The van der Waals surface area contributed by atoms with Crippen LogP contribution in [-0.2, 0) is 65.4 Å². The average Bonchev–Trinajstić information content (AvgIpc) is 3.68. The summed E-state index contributed by atoms with van der Waals surface area (Å²) in [5.74, 6) is -0.557. The molecule has 87 heavy (non-hydrogen) atoms. The monoisotopic (exact) mass is 1280 g/mol. The summed E-state index contributed by atoms with van der Waals surface area (Å²) in [6.45, 7) is 9.52. The standard InChI is InChI=1S/C68H132O17P2/c1-7-10-12-14-16-18-26-34-40-46-52-67(72)84-63(56-78-65(70)50-44-38-32-17-15-13-11-8-2)58-82-86(74,75)80-54-62(69)55-81-87(76,77)83-59-64(57-79-66(71)51-45-39-33-29-28-31-37-43-49-61(6)9-3)85-68(73)53-47-41-35-27-24-22-20-19-21-23-25-30-36-42-48-60(4)5/h60-64,69H,7-59H2,1-6H3,(H,74,75)(H,76,77)/t61?,62-,63+,64+/m0/s1. The highest BCUT2D eigenvalue weighted by Gasteiger charge is 2.30. The van der Waals surface area contributed by atoms with Crippen LogP contribution in [0.25, 0.3) is 0 Å². The second kappa shape index (κ2) is 60.3. The van der Waals surface area contributed by atoms with E-state index in [1.165, 1.54) is 154 Å². The highest BCUT2D eigenvalue weighted by Crippen LogP contribution is 2.45. The minimum absolute atomic E-state index is 0.106. The topological polar surface area (TPSA) is 237 Å². The van der Waals surface area contributed by atoms with Gasteiger partial charge in [-0.15, -0.1) is 0 Å². The Labute approximate surface area is 530 Å². The maximum absolute atomic E-state index is 13.0. The molecule has 0 rings (SSSR count). The zero-order chi connectivity index (χ0) is 64.3. The summed E-state index contributed by atoms with van der Waals surface area (Å²) in [5.41, 5.74) is 0. The number of rotatable bonds is 67. The molecule has 6 atom stereocenters. The van der Waals surface area contributed by atoms with Gasteiger partial charge >= 0.3 is 39.5 Å². The van der Waals surface area contributed by atoms with Crippen molar-refractivity contribution in [2.24, 2.45) is 11.8 Å². The van der Waals surface area contributed by atoms with Gasteiger partial charge in [0.25, 0.3) is 0 Å². The summed E-state index contributed by atoms with van der Waals surface area (Å²) in [6, 6.07) is 0. The van der Waals surface area contributed by atoms with E-state index < -0.39 is 97.5 Å². The van der Waals surface area contributed by atoms with E-state index in [2.05, 4.69) is 41.5 Å². The molecule has 0 aromatic heterocycles. The Balaban J connectivity index is 5.21. The Morgan fingerprint density at radius 3 is 0.874 bits per heavy atom. The molecular weight excluding hydrogens is 1150 g/mol. The Morgan fingerprint density at radius 1 is 0.333 bits per heavy atom. The fourth-order valence-electron chi connectivity index (χ4n) is 10.2. The van der Waals surface area contributed by atoms with Crippen LogP contribution in [0.3, 0.4) is 0 Å². The minimum Gasteiger partial charge on any atom is -0.462 e. The van der Waals surface area contributed by atoms with Gasteiger partial charge in [0.2, 0.25) is 0 Å². The van der Waals surface area contributed by atoms with Gasteiger partial charge in [0.1, 0.15) is 19.3 Å². The summed E-state index contributed by atoms with van der Waals surface area (Å²) in [7, 11) is -9.89. The first-order valence-electron chi connectivity index (χ1n) is 35.5. The number of phosphoric ester groups is 2. The summed E-state index contributed by atoms with van der Waals surface area (Å²) in [6.07, 6.45) is 44.4. The molecule has 0 bridgehead atoms. The highest BCUT2D eigenvalue weighted by molar-refractivity contribution is 7.47. The molecule has 3 unspecified atom stereocenters. The maximum Gasteiger partial charge on any atom is 0.472 e. The Kier molecular flexibility index (Phi) is 59.0. The molecule has 0 aliphatic rings. The van der Waals surface area contributed by atoms with Crippen molar-refractivity contribution in [3.63, 3.8) is 0 Å². The SMILES string of the molecule is CCCCCCCCCCCCC(=O)O[C@H](COC(=O)CCCCCCCCCC)COP(=O)(O)OC[C@H](O)COP(=O)(O)OC[C@@H](COC(=O)CCCCCCCCCCC(C)CC)OC(=O)CCCCCCCCCCCCCCCCC(C)C. The normalized spacial score (nSPS) is 14.5. The van der Waals surface area contributed by atoms with Gasteiger partial charge in [-0.2, -0.15) is 0 Å². The van der Waals surface area contributed by atoms with Gasteiger partial charge in [0, 0.05) is 25.7 Å². The molecule has 19 heteroatoms.